The Kier molecular flexibility index (Phi) is 7.66. The first-order valence-corrected chi connectivity index (χ1v) is 9.46. The van der Waals surface area contributed by atoms with E-state index in [-0.39, 0.29) is 11.8 Å². The second-order valence-electron chi connectivity index (χ2n) is 5.78. The molecule has 0 aliphatic rings. The summed E-state index contributed by atoms with van der Waals surface area (Å²) in [5, 5.41) is 5.64. The fourth-order valence-corrected chi connectivity index (χ4v) is 2.71. The molecule has 138 valence electrons. The van der Waals surface area contributed by atoms with Crippen molar-refractivity contribution in [1.82, 2.24) is 5.32 Å². The minimum Gasteiger partial charge on any atom is -0.492 e. The zero-order valence-corrected chi connectivity index (χ0v) is 16.6. The zero-order valence-electron chi connectivity index (χ0n) is 15.0. The molecule has 0 aromatic heterocycles. The fraction of sp³-hybridized carbons (Fsp3) is 0.300. The van der Waals surface area contributed by atoms with Crippen molar-refractivity contribution in [1.29, 1.82) is 0 Å². The largest absolute Gasteiger partial charge is 0.492 e. The second kappa shape index (κ2) is 9.97. The van der Waals surface area contributed by atoms with Crippen molar-refractivity contribution in [2.45, 2.75) is 26.7 Å². The summed E-state index contributed by atoms with van der Waals surface area (Å²) < 4.78 is 6.32. The molecule has 2 amide bonds. The Labute approximate surface area is 162 Å². The summed E-state index contributed by atoms with van der Waals surface area (Å²) in [7, 11) is 0. The predicted molar refractivity (Wildman–Crippen MR) is 107 cm³/mol. The molecule has 0 radical (unpaired) electrons. The van der Waals surface area contributed by atoms with Crippen molar-refractivity contribution in [2.24, 2.45) is 0 Å². The molecule has 2 N–H and O–H groups in total. The highest BCUT2D eigenvalue weighted by molar-refractivity contribution is 9.10. The highest BCUT2D eigenvalue weighted by Crippen LogP contribution is 2.26. The fourth-order valence-electron chi connectivity index (χ4n) is 2.22. The molecule has 0 unspecified atom stereocenters. The number of benzene rings is 2. The van der Waals surface area contributed by atoms with Crippen molar-refractivity contribution >= 4 is 33.4 Å². The number of carbonyl (C=O) groups is 2. The van der Waals surface area contributed by atoms with Crippen LogP contribution >= 0.6 is 15.9 Å². The van der Waals surface area contributed by atoms with Crippen LogP contribution in [0.2, 0.25) is 0 Å². The van der Waals surface area contributed by atoms with E-state index in [9.17, 15) is 9.59 Å². The van der Waals surface area contributed by atoms with Gasteiger partial charge in [-0.15, -0.1) is 0 Å². The number of amides is 2. The van der Waals surface area contributed by atoms with E-state index >= 15 is 0 Å². The van der Waals surface area contributed by atoms with Gasteiger partial charge in [0.1, 0.15) is 5.75 Å². The van der Waals surface area contributed by atoms with Crippen LogP contribution in [0.25, 0.3) is 0 Å². The molecule has 0 spiro atoms. The number of nitrogens with one attached hydrogen (secondary N) is 2. The van der Waals surface area contributed by atoms with Crippen LogP contribution in [-0.2, 0) is 0 Å². The molecule has 0 saturated carbocycles. The van der Waals surface area contributed by atoms with Crippen molar-refractivity contribution in [2.75, 3.05) is 18.5 Å². The standard InChI is InChI=1S/C20H23BrN2O3/c1-3-11-22-19(24)14-5-8-16(9-6-14)23-20(25)15-7-10-18(17(21)13-15)26-12-4-2/h5-10,13H,3-4,11-12H2,1-2H3,(H,22,24)(H,23,25). The number of anilines is 1. The van der Waals surface area contributed by atoms with Crippen molar-refractivity contribution in [3.05, 3.63) is 58.1 Å². The van der Waals surface area contributed by atoms with Crippen LogP contribution in [0.5, 0.6) is 5.75 Å². The highest BCUT2D eigenvalue weighted by atomic mass is 79.9. The molecule has 0 fully saturated rings. The Bertz CT molecular complexity index is 760. The van der Waals surface area contributed by atoms with E-state index in [2.05, 4.69) is 26.6 Å². The summed E-state index contributed by atoms with van der Waals surface area (Å²) >= 11 is 3.43. The van der Waals surface area contributed by atoms with E-state index in [1.165, 1.54) is 0 Å². The van der Waals surface area contributed by atoms with Gasteiger partial charge in [0.05, 0.1) is 11.1 Å². The lowest BCUT2D eigenvalue weighted by molar-refractivity contribution is 0.0953. The number of carbonyl (C=O) groups excluding carboxylic acids is 2. The third-order valence-corrected chi connectivity index (χ3v) is 4.22. The quantitative estimate of drug-likeness (QED) is 0.656. The maximum atomic E-state index is 12.4. The third-order valence-electron chi connectivity index (χ3n) is 3.60. The Balaban J connectivity index is 2.01. The highest BCUT2D eigenvalue weighted by Gasteiger charge is 2.10. The van der Waals surface area contributed by atoms with Crippen molar-refractivity contribution in [3.63, 3.8) is 0 Å². The number of hydrogen-bond donors (Lipinski definition) is 2. The topological polar surface area (TPSA) is 67.4 Å². The van der Waals surface area contributed by atoms with Gasteiger partial charge in [-0.25, -0.2) is 0 Å². The molecule has 0 saturated heterocycles. The van der Waals surface area contributed by atoms with Crippen LogP contribution in [0.3, 0.4) is 0 Å². The summed E-state index contributed by atoms with van der Waals surface area (Å²) in [4.78, 5) is 24.3. The molecule has 2 aromatic rings. The predicted octanol–water partition coefficient (Wildman–Crippen LogP) is 4.63. The molecular weight excluding hydrogens is 396 g/mol. The molecule has 0 aliphatic carbocycles. The van der Waals surface area contributed by atoms with Crippen LogP contribution in [-0.4, -0.2) is 25.0 Å². The van der Waals surface area contributed by atoms with Gasteiger partial charge in [-0.2, -0.15) is 0 Å². The SMILES string of the molecule is CCCNC(=O)c1ccc(NC(=O)c2ccc(OCCC)c(Br)c2)cc1. The van der Waals surface area contributed by atoms with E-state index in [1.807, 2.05) is 13.8 Å². The monoisotopic (exact) mass is 418 g/mol. The summed E-state index contributed by atoms with van der Waals surface area (Å²) in [6.45, 7) is 5.31. The zero-order chi connectivity index (χ0) is 18.9. The molecule has 0 atom stereocenters. The third kappa shape index (κ3) is 5.59. The average Bonchev–Trinajstić information content (AvgIpc) is 2.65. The molecule has 0 aliphatic heterocycles. The van der Waals surface area contributed by atoms with E-state index in [4.69, 9.17) is 4.74 Å². The summed E-state index contributed by atoms with van der Waals surface area (Å²) in [5.74, 6) is 0.373. The maximum absolute atomic E-state index is 12.4. The maximum Gasteiger partial charge on any atom is 0.255 e. The lowest BCUT2D eigenvalue weighted by atomic mass is 10.1. The van der Waals surface area contributed by atoms with Gasteiger partial charge >= 0.3 is 0 Å². The van der Waals surface area contributed by atoms with Crippen molar-refractivity contribution < 1.29 is 14.3 Å². The molecule has 0 heterocycles. The van der Waals surface area contributed by atoms with Crippen LogP contribution in [0.1, 0.15) is 47.4 Å². The minimum absolute atomic E-state index is 0.115. The average molecular weight is 419 g/mol. The van der Waals surface area contributed by atoms with Gasteiger partial charge in [-0.1, -0.05) is 13.8 Å². The second-order valence-corrected chi connectivity index (χ2v) is 6.64. The molecule has 2 rings (SSSR count). The number of rotatable bonds is 8. The Morgan fingerprint density at radius 1 is 0.962 bits per heavy atom. The first-order valence-electron chi connectivity index (χ1n) is 8.67. The summed E-state index contributed by atoms with van der Waals surface area (Å²) in [5.41, 5.74) is 1.71. The van der Waals surface area contributed by atoms with Crippen LogP contribution in [0, 0.1) is 0 Å². The Morgan fingerprint density at radius 3 is 2.27 bits per heavy atom. The first-order chi connectivity index (χ1) is 12.5. The minimum atomic E-state index is -0.226. The van der Waals surface area contributed by atoms with Crippen LogP contribution in [0.15, 0.2) is 46.9 Å². The van der Waals surface area contributed by atoms with Gasteiger partial charge < -0.3 is 15.4 Å². The number of halogens is 1. The molecule has 6 heteroatoms. The van der Waals surface area contributed by atoms with Gasteiger partial charge in [0.25, 0.3) is 11.8 Å². The van der Waals surface area contributed by atoms with Gasteiger partial charge in [0.15, 0.2) is 0 Å². The molecule has 2 aromatic carbocycles. The van der Waals surface area contributed by atoms with Crippen LogP contribution in [0.4, 0.5) is 5.69 Å². The van der Waals surface area contributed by atoms with E-state index in [0.29, 0.717) is 35.7 Å². The summed E-state index contributed by atoms with van der Waals surface area (Å²) in [6.07, 6.45) is 1.80. The van der Waals surface area contributed by atoms with E-state index in [1.54, 1.807) is 42.5 Å². The molecular formula is C20H23BrN2O3. The summed E-state index contributed by atoms with van der Waals surface area (Å²) in [6, 6.07) is 12.0. The van der Waals surface area contributed by atoms with E-state index in [0.717, 1.165) is 17.3 Å². The smallest absolute Gasteiger partial charge is 0.255 e. The van der Waals surface area contributed by atoms with Gasteiger partial charge in [-0.05, 0) is 71.2 Å². The van der Waals surface area contributed by atoms with Gasteiger partial charge in [0.2, 0.25) is 0 Å². The normalized spacial score (nSPS) is 10.3. The first kappa shape index (κ1) is 20.0. The van der Waals surface area contributed by atoms with Gasteiger partial charge in [0, 0.05) is 23.4 Å². The Hall–Kier alpha value is -2.34. The van der Waals surface area contributed by atoms with Crippen LogP contribution < -0.4 is 15.4 Å². The molecule has 26 heavy (non-hydrogen) atoms. The lowest BCUT2D eigenvalue weighted by Gasteiger charge is -2.10. The molecule has 5 nitrogen and oxygen atoms in total. The Morgan fingerprint density at radius 2 is 1.65 bits per heavy atom. The van der Waals surface area contributed by atoms with E-state index < -0.39 is 0 Å². The van der Waals surface area contributed by atoms with Gasteiger partial charge in [-0.3, -0.25) is 9.59 Å². The number of hydrogen-bond acceptors (Lipinski definition) is 3. The van der Waals surface area contributed by atoms with Crippen molar-refractivity contribution in [3.8, 4) is 5.75 Å². The lowest BCUT2D eigenvalue weighted by Crippen LogP contribution is -2.23. The molecule has 0 bridgehead atoms. The number of ether oxygens (including phenoxy) is 1.